The van der Waals surface area contributed by atoms with Crippen LogP contribution in [0.15, 0.2) is 73.4 Å². The summed E-state index contributed by atoms with van der Waals surface area (Å²) in [6.45, 7) is 2.17. The first kappa shape index (κ1) is 15.4. The van der Waals surface area contributed by atoms with Gasteiger partial charge in [-0.15, -0.1) is 0 Å². The van der Waals surface area contributed by atoms with Crippen LogP contribution in [0.2, 0.25) is 0 Å². The largest absolute Gasteiger partial charge is 0.508 e. The molecule has 2 heterocycles. The van der Waals surface area contributed by atoms with Crippen LogP contribution in [-0.4, -0.2) is 19.6 Å². The molecule has 0 aliphatic rings. The smallest absolute Gasteiger partial charge is 0.115 e. The highest BCUT2D eigenvalue weighted by Gasteiger charge is 2.17. The predicted molar refractivity (Wildman–Crippen MR) is 99.5 cm³/mol. The second-order valence-electron chi connectivity index (χ2n) is 6.08. The third-order valence-electron chi connectivity index (χ3n) is 4.61. The summed E-state index contributed by atoms with van der Waals surface area (Å²) in [5.74, 6) is 0.272. The van der Waals surface area contributed by atoms with Crippen molar-refractivity contribution in [1.29, 1.82) is 0 Å². The highest BCUT2D eigenvalue weighted by molar-refractivity contribution is 5.96. The summed E-state index contributed by atoms with van der Waals surface area (Å²) >= 11 is 0. The predicted octanol–water partition coefficient (Wildman–Crippen LogP) is 4.80. The molecule has 2 aromatic heterocycles. The van der Waals surface area contributed by atoms with Gasteiger partial charge in [0.05, 0.1) is 17.9 Å². The van der Waals surface area contributed by atoms with Gasteiger partial charge < -0.3 is 9.67 Å². The molecule has 4 heteroatoms. The van der Waals surface area contributed by atoms with E-state index in [1.54, 1.807) is 12.1 Å². The Bertz CT molecular complexity index is 992. The number of imidazole rings is 1. The quantitative estimate of drug-likeness (QED) is 0.585. The molecule has 0 fully saturated rings. The van der Waals surface area contributed by atoms with Crippen LogP contribution in [-0.2, 0) is 0 Å². The molecule has 0 radical (unpaired) electrons. The molecule has 2 aromatic carbocycles. The van der Waals surface area contributed by atoms with Crippen molar-refractivity contribution in [3.8, 4) is 16.9 Å². The van der Waals surface area contributed by atoms with Gasteiger partial charge in [0.25, 0.3) is 0 Å². The minimum absolute atomic E-state index is 0.203. The molecule has 0 spiro atoms. The lowest BCUT2D eigenvalue weighted by Gasteiger charge is -2.20. The van der Waals surface area contributed by atoms with Crippen molar-refractivity contribution in [2.45, 2.75) is 19.4 Å². The van der Waals surface area contributed by atoms with Gasteiger partial charge in [0.15, 0.2) is 0 Å². The number of hydrogen-bond acceptors (Lipinski definition) is 3. The van der Waals surface area contributed by atoms with Crippen molar-refractivity contribution < 1.29 is 5.11 Å². The Morgan fingerprint density at radius 3 is 2.60 bits per heavy atom. The van der Waals surface area contributed by atoms with Crippen molar-refractivity contribution >= 4 is 10.9 Å². The third kappa shape index (κ3) is 2.76. The summed E-state index contributed by atoms with van der Waals surface area (Å²) < 4.78 is 2.13. The zero-order valence-corrected chi connectivity index (χ0v) is 14.0. The lowest BCUT2D eigenvalue weighted by molar-refractivity contribution is 0.475. The van der Waals surface area contributed by atoms with E-state index in [1.807, 2.05) is 43.1 Å². The molecular formula is C21H19N3O. The summed E-state index contributed by atoms with van der Waals surface area (Å²) in [7, 11) is 0. The van der Waals surface area contributed by atoms with Gasteiger partial charge in [-0.05, 0) is 35.7 Å². The van der Waals surface area contributed by atoms with Crippen LogP contribution in [0.4, 0.5) is 0 Å². The van der Waals surface area contributed by atoms with Gasteiger partial charge in [0.2, 0.25) is 0 Å². The Kier molecular flexibility index (Phi) is 3.94. The van der Waals surface area contributed by atoms with Crippen LogP contribution < -0.4 is 0 Å². The van der Waals surface area contributed by atoms with E-state index in [-0.39, 0.29) is 11.8 Å². The molecule has 0 aliphatic heterocycles. The molecular weight excluding hydrogens is 310 g/mol. The number of pyridine rings is 1. The first-order chi connectivity index (χ1) is 12.3. The van der Waals surface area contributed by atoms with E-state index in [2.05, 4.69) is 39.7 Å². The molecule has 1 unspecified atom stereocenters. The van der Waals surface area contributed by atoms with Crippen molar-refractivity contribution in [3.63, 3.8) is 0 Å². The van der Waals surface area contributed by atoms with Gasteiger partial charge in [-0.3, -0.25) is 4.98 Å². The molecule has 1 N–H and O–H groups in total. The number of nitrogens with zero attached hydrogens (tertiary/aromatic N) is 3. The molecule has 0 saturated heterocycles. The lowest BCUT2D eigenvalue weighted by Crippen LogP contribution is -2.09. The minimum atomic E-state index is 0.203. The summed E-state index contributed by atoms with van der Waals surface area (Å²) in [5, 5.41) is 10.7. The van der Waals surface area contributed by atoms with Crippen LogP contribution in [0.3, 0.4) is 0 Å². The number of phenolic OH excluding ortho intramolecular Hbond substituents is 1. The maximum Gasteiger partial charge on any atom is 0.115 e. The number of aromatic nitrogens is 3. The third-order valence-corrected chi connectivity index (χ3v) is 4.61. The number of rotatable bonds is 4. The van der Waals surface area contributed by atoms with Crippen LogP contribution in [0, 0.1) is 0 Å². The van der Waals surface area contributed by atoms with Crippen molar-refractivity contribution in [2.75, 3.05) is 0 Å². The zero-order valence-electron chi connectivity index (χ0n) is 14.0. The molecule has 4 aromatic rings. The summed E-state index contributed by atoms with van der Waals surface area (Å²) in [6, 6.07) is 15.9. The van der Waals surface area contributed by atoms with Gasteiger partial charge in [0.1, 0.15) is 5.75 Å². The summed E-state index contributed by atoms with van der Waals surface area (Å²) in [6.07, 6.45) is 8.46. The van der Waals surface area contributed by atoms with Gasteiger partial charge in [-0.25, -0.2) is 4.98 Å². The van der Waals surface area contributed by atoms with E-state index in [1.165, 1.54) is 5.56 Å². The van der Waals surface area contributed by atoms with Crippen LogP contribution >= 0.6 is 0 Å². The maximum absolute atomic E-state index is 9.55. The van der Waals surface area contributed by atoms with Crippen molar-refractivity contribution in [1.82, 2.24) is 14.5 Å². The van der Waals surface area contributed by atoms with Crippen LogP contribution in [0.1, 0.15) is 24.9 Å². The fourth-order valence-electron chi connectivity index (χ4n) is 3.40. The Morgan fingerprint density at radius 1 is 1.04 bits per heavy atom. The van der Waals surface area contributed by atoms with E-state index >= 15 is 0 Å². The first-order valence-electron chi connectivity index (χ1n) is 8.42. The minimum Gasteiger partial charge on any atom is -0.508 e. The zero-order chi connectivity index (χ0) is 17.2. The monoisotopic (exact) mass is 329 g/mol. The average molecular weight is 329 g/mol. The Hall–Kier alpha value is -3.14. The number of phenols is 1. The van der Waals surface area contributed by atoms with E-state index in [0.717, 1.165) is 28.5 Å². The SMILES string of the molecule is CCC(c1ccc(-c2ccc(O)cc2)c2cccnc12)n1ccnc1. The number of hydrogen-bond donors (Lipinski definition) is 1. The lowest BCUT2D eigenvalue weighted by atomic mass is 9.94. The fourth-order valence-corrected chi connectivity index (χ4v) is 3.40. The van der Waals surface area contributed by atoms with Gasteiger partial charge in [-0.2, -0.15) is 0 Å². The topological polar surface area (TPSA) is 50.9 Å². The van der Waals surface area contributed by atoms with Crippen LogP contribution in [0.5, 0.6) is 5.75 Å². The second-order valence-corrected chi connectivity index (χ2v) is 6.08. The Morgan fingerprint density at radius 2 is 1.88 bits per heavy atom. The van der Waals surface area contributed by atoms with Gasteiger partial charge in [-0.1, -0.05) is 37.3 Å². The molecule has 0 bridgehead atoms. The Labute approximate surface area is 146 Å². The Balaban J connectivity index is 1.91. The summed E-state index contributed by atoms with van der Waals surface area (Å²) in [4.78, 5) is 8.87. The number of benzene rings is 2. The standard InChI is InChI=1S/C21H19N3O/c1-2-20(24-13-12-22-14-24)19-10-9-17(15-5-7-16(25)8-6-15)18-4-3-11-23-21(18)19/h3-14,20,25H,2H2,1H3. The molecule has 1 atom stereocenters. The highest BCUT2D eigenvalue weighted by Crippen LogP contribution is 2.34. The molecule has 0 amide bonds. The van der Waals surface area contributed by atoms with E-state index in [0.29, 0.717) is 0 Å². The van der Waals surface area contributed by atoms with Gasteiger partial charge in [0, 0.05) is 29.5 Å². The number of fused-ring (bicyclic) bond motifs is 1. The molecule has 124 valence electrons. The average Bonchev–Trinajstić information content (AvgIpc) is 3.18. The summed E-state index contributed by atoms with van der Waals surface area (Å²) in [5.41, 5.74) is 4.39. The fraction of sp³-hybridized carbons (Fsp3) is 0.143. The molecule has 0 saturated carbocycles. The normalized spacial score (nSPS) is 12.4. The highest BCUT2D eigenvalue weighted by atomic mass is 16.3. The van der Waals surface area contributed by atoms with E-state index in [4.69, 9.17) is 0 Å². The first-order valence-corrected chi connectivity index (χ1v) is 8.42. The van der Waals surface area contributed by atoms with Crippen molar-refractivity contribution in [3.05, 3.63) is 79.0 Å². The molecule has 4 rings (SSSR count). The van der Waals surface area contributed by atoms with Crippen molar-refractivity contribution in [2.24, 2.45) is 0 Å². The van der Waals surface area contributed by atoms with Crippen LogP contribution in [0.25, 0.3) is 22.0 Å². The maximum atomic E-state index is 9.55. The second kappa shape index (κ2) is 6.40. The molecule has 0 aliphatic carbocycles. The van der Waals surface area contributed by atoms with E-state index in [9.17, 15) is 5.11 Å². The van der Waals surface area contributed by atoms with Gasteiger partial charge >= 0.3 is 0 Å². The number of aromatic hydroxyl groups is 1. The molecule has 4 nitrogen and oxygen atoms in total. The molecule has 25 heavy (non-hydrogen) atoms. The van der Waals surface area contributed by atoms with E-state index < -0.39 is 0 Å².